The van der Waals surface area contributed by atoms with Gasteiger partial charge in [0.15, 0.2) is 0 Å². The largest absolute Gasteiger partial charge is 0.497 e. The minimum Gasteiger partial charge on any atom is -0.497 e. The Hall–Kier alpha value is -1.07. The Kier molecular flexibility index (Phi) is 4.24. The molecule has 1 atom stereocenters. The van der Waals surface area contributed by atoms with Crippen LogP contribution in [-0.2, 0) is 11.3 Å². The van der Waals surface area contributed by atoms with Gasteiger partial charge in [-0.3, -0.25) is 9.69 Å². The smallest absolute Gasteiger partial charge is 0.320 e. The Balaban J connectivity index is 2.11. The maximum atomic E-state index is 11.1. The third kappa shape index (κ3) is 2.84. The number of likely N-dealkylation sites (tertiary alicyclic amines) is 1. The molecule has 18 heavy (non-hydrogen) atoms. The van der Waals surface area contributed by atoms with Crippen LogP contribution >= 0.6 is 15.9 Å². The van der Waals surface area contributed by atoms with Gasteiger partial charge in [0, 0.05) is 11.0 Å². The Morgan fingerprint density at radius 3 is 3.00 bits per heavy atom. The molecule has 2 rings (SSSR count). The molecular formula is C13H16BrNO3. The summed E-state index contributed by atoms with van der Waals surface area (Å²) in [5.41, 5.74) is 1.09. The lowest BCUT2D eigenvalue weighted by Gasteiger charge is -2.21. The van der Waals surface area contributed by atoms with Gasteiger partial charge in [-0.1, -0.05) is 22.0 Å². The number of carboxylic acid groups (broad SMARTS) is 1. The van der Waals surface area contributed by atoms with Crippen molar-refractivity contribution in [2.45, 2.75) is 25.4 Å². The van der Waals surface area contributed by atoms with Crippen molar-refractivity contribution in [3.63, 3.8) is 0 Å². The Labute approximate surface area is 115 Å². The van der Waals surface area contributed by atoms with Crippen LogP contribution < -0.4 is 4.74 Å². The van der Waals surface area contributed by atoms with Crippen molar-refractivity contribution in [2.75, 3.05) is 13.7 Å². The summed E-state index contributed by atoms with van der Waals surface area (Å²) in [6.45, 7) is 1.50. The van der Waals surface area contributed by atoms with Crippen molar-refractivity contribution in [3.8, 4) is 5.75 Å². The molecule has 1 fully saturated rings. The van der Waals surface area contributed by atoms with E-state index < -0.39 is 5.97 Å². The van der Waals surface area contributed by atoms with E-state index in [1.165, 1.54) is 0 Å². The number of ether oxygens (including phenoxy) is 1. The zero-order valence-electron chi connectivity index (χ0n) is 10.2. The van der Waals surface area contributed by atoms with E-state index in [0.29, 0.717) is 6.54 Å². The zero-order chi connectivity index (χ0) is 13.1. The molecule has 0 aromatic heterocycles. The normalized spacial score (nSPS) is 20.0. The topological polar surface area (TPSA) is 49.8 Å². The van der Waals surface area contributed by atoms with Crippen LogP contribution in [0.1, 0.15) is 18.4 Å². The lowest BCUT2D eigenvalue weighted by atomic mass is 10.2. The molecular weight excluding hydrogens is 298 g/mol. The van der Waals surface area contributed by atoms with Crippen molar-refractivity contribution in [2.24, 2.45) is 0 Å². The molecule has 4 nitrogen and oxygen atoms in total. The molecule has 0 radical (unpaired) electrons. The van der Waals surface area contributed by atoms with Crippen LogP contribution in [0.3, 0.4) is 0 Å². The number of benzene rings is 1. The minimum atomic E-state index is -0.725. The molecule has 1 saturated heterocycles. The van der Waals surface area contributed by atoms with Gasteiger partial charge in [0.25, 0.3) is 0 Å². The molecule has 5 heteroatoms. The molecule has 0 amide bonds. The molecule has 98 valence electrons. The second-order valence-electron chi connectivity index (χ2n) is 4.42. The fraction of sp³-hybridized carbons (Fsp3) is 0.462. The van der Waals surface area contributed by atoms with Crippen molar-refractivity contribution < 1.29 is 14.6 Å². The summed E-state index contributed by atoms with van der Waals surface area (Å²) in [7, 11) is 1.63. The van der Waals surface area contributed by atoms with Gasteiger partial charge in [0.1, 0.15) is 11.8 Å². The molecule has 1 N–H and O–H groups in total. The first-order valence-corrected chi connectivity index (χ1v) is 6.70. The number of nitrogens with zero attached hydrogens (tertiary/aromatic N) is 1. The van der Waals surface area contributed by atoms with E-state index in [2.05, 4.69) is 15.9 Å². The number of hydrogen-bond acceptors (Lipinski definition) is 3. The summed E-state index contributed by atoms with van der Waals surface area (Å²) < 4.78 is 6.10. The number of carbonyl (C=O) groups is 1. The standard InChI is InChI=1S/C13H16BrNO3/c1-18-10-5-4-9(11(14)7-10)8-15-6-2-3-12(15)13(16)17/h4-5,7,12H,2-3,6,8H2,1H3,(H,16,17)/t12-/m0/s1. The number of hydrogen-bond donors (Lipinski definition) is 1. The minimum absolute atomic E-state index is 0.348. The second-order valence-corrected chi connectivity index (χ2v) is 5.28. The highest BCUT2D eigenvalue weighted by atomic mass is 79.9. The van der Waals surface area contributed by atoms with Crippen molar-refractivity contribution >= 4 is 21.9 Å². The Morgan fingerprint density at radius 1 is 1.61 bits per heavy atom. The van der Waals surface area contributed by atoms with Crippen LogP contribution in [0, 0.1) is 0 Å². The summed E-state index contributed by atoms with van der Waals surface area (Å²) in [6.07, 6.45) is 1.69. The number of halogens is 1. The molecule has 0 spiro atoms. The van der Waals surface area contributed by atoms with Crippen molar-refractivity contribution in [1.29, 1.82) is 0 Å². The molecule has 1 heterocycles. The molecule has 0 saturated carbocycles. The molecule has 1 aromatic carbocycles. The quantitative estimate of drug-likeness (QED) is 0.928. The van der Waals surface area contributed by atoms with Gasteiger partial charge in [-0.15, -0.1) is 0 Å². The van der Waals surface area contributed by atoms with Crippen molar-refractivity contribution in [1.82, 2.24) is 4.90 Å². The van der Waals surface area contributed by atoms with Gasteiger partial charge >= 0.3 is 5.97 Å². The van der Waals surface area contributed by atoms with E-state index >= 15 is 0 Å². The van der Waals surface area contributed by atoms with Crippen LogP contribution in [0.15, 0.2) is 22.7 Å². The molecule has 1 aliphatic rings. The van der Waals surface area contributed by atoms with Crippen LogP contribution in [0.4, 0.5) is 0 Å². The fourth-order valence-corrected chi connectivity index (χ4v) is 2.78. The van der Waals surface area contributed by atoms with E-state index in [1.807, 2.05) is 23.1 Å². The summed E-state index contributed by atoms with van der Waals surface area (Å²) in [5, 5.41) is 9.14. The van der Waals surface area contributed by atoms with E-state index in [-0.39, 0.29) is 6.04 Å². The molecule has 1 aliphatic heterocycles. The first-order valence-electron chi connectivity index (χ1n) is 5.91. The molecule has 0 aliphatic carbocycles. The average molecular weight is 314 g/mol. The molecule has 0 bridgehead atoms. The third-order valence-corrected chi connectivity index (χ3v) is 4.02. The van der Waals surface area contributed by atoms with Gasteiger partial charge in [0.05, 0.1) is 7.11 Å². The van der Waals surface area contributed by atoms with Gasteiger partial charge in [0.2, 0.25) is 0 Å². The van der Waals surface area contributed by atoms with Crippen LogP contribution in [-0.4, -0.2) is 35.7 Å². The SMILES string of the molecule is COc1ccc(CN2CCC[C@H]2C(=O)O)c(Br)c1. The van der Waals surface area contributed by atoms with Gasteiger partial charge in [-0.2, -0.15) is 0 Å². The maximum absolute atomic E-state index is 11.1. The van der Waals surface area contributed by atoms with Crippen molar-refractivity contribution in [3.05, 3.63) is 28.2 Å². The highest BCUT2D eigenvalue weighted by Crippen LogP contribution is 2.27. The first kappa shape index (κ1) is 13.4. The van der Waals surface area contributed by atoms with E-state index in [4.69, 9.17) is 9.84 Å². The lowest BCUT2D eigenvalue weighted by Crippen LogP contribution is -2.35. The summed E-state index contributed by atoms with van der Waals surface area (Å²) in [5.74, 6) is 0.0685. The average Bonchev–Trinajstić information content (AvgIpc) is 2.80. The first-order chi connectivity index (χ1) is 8.61. The Morgan fingerprint density at radius 2 is 2.39 bits per heavy atom. The summed E-state index contributed by atoms with van der Waals surface area (Å²) in [6, 6.07) is 5.42. The summed E-state index contributed by atoms with van der Waals surface area (Å²) in [4.78, 5) is 13.1. The van der Waals surface area contributed by atoms with E-state index in [1.54, 1.807) is 7.11 Å². The maximum Gasteiger partial charge on any atom is 0.320 e. The number of aliphatic carboxylic acids is 1. The van der Waals surface area contributed by atoms with Gasteiger partial charge in [-0.25, -0.2) is 0 Å². The van der Waals surface area contributed by atoms with Crippen LogP contribution in [0.2, 0.25) is 0 Å². The third-order valence-electron chi connectivity index (χ3n) is 3.28. The predicted octanol–water partition coefficient (Wildman–Crippen LogP) is 2.51. The molecule has 0 unspecified atom stereocenters. The fourth-order valence-electron chi connectivity index (χ4n) is 2.30. The van der Waals surface area contributed by atoms with Gasteiger partial charge in [-0.05, 0) is 37.1 Å². The number of methoxy groups -OCH3 is 1. The molecule has 1 aromatic rings. The summed E-state index contributed by atoms with van der Waals surface area (Å²) >= 11 is 3.50. The number of carboxylic acids is 1. The van der Waals surface area contributed by atoms with Crippen LogP contribution in [0.5, 0.6) is 5.75 Å². The lowest BCUT2D eigenvalue weighted by molar-refractivity contribution is -0.142. The van der Waals surface area contributed by atoms with Gasteiger partial charge < -0.3 is 9.84 Å². The predicted molar refractivity (Wildman–Crippen MR) is 71.8 cm³/mol. The number of rotatable bonds is 4. The van der Waals surface area contributed by atoms with E-state index in [9.17, 15) is 4.79 Å². The monoisotopic (exact) mass is 313 g/mol. The zero-order valence-corrected chi connectivity index (χ0v) is 11.8. The highest BCUT2D eigenvalue weighted by Gasteiger charge is 2.30. The Bertz CT molecular complexity index is 450. The highest BCUT2D eigenvalue weighted by molar-refractivity contribution is 9.10. The van der Waals surface area contributed by atoms with E-state index in [0.717, 1.165) is 35.2 Å². The second kappa shape index (κ2) is 5.71. The van der Waals surface area contributed by atoms with Crippen LogP contribution in [0.25, 0.3) is 0 Å².